The van der Waals surface area contributed by atoms with Crippen LogP contribution in [0.3, 0.4) is 0 Å². The summed E-state index contributed by atoms with van der Waals surface area (Å²) >= 11 is 0. The number of ketones is 1. The average Bonchev–Trinajstić information content (AvgIpc) is 2.59. The standard InChI is InChI=1S/C19H30O8/c1-10-6-11(22)7-19(2,3)13(10)5-4-12(8-20)26-18-17(25)16(24)15(23)14(9-21)27-18/h4-6,12-18,20-21,23-25H,7-9H2,1-3H3. The van der Waals surface area contributed by atoms with Crippen molar-refractivity contribution in [2.24, 2.45) is 11.3 Å². The number of allylic oxidation sites excluding steroid dienone is 3. The molecule has 0 aromatic heterocycles. The highest BCUT2D eigenvalue weighted by molar-refractivity contribution is 5.92. The Bertz CT molecular complexity index is 582. The highest BCUT2D eigenvalue weighted by Crippen LogP contribution is 2.40. The maximum atomic E-state index is 11.8. The van der Waals surface area contributed by atoms with E-state index in [0.29, 0.717) is 6.42 Å². The minimum Gasteiger partial charge on any atom is -0.394 e. The molecule has 2 rings (SSSR count). The molecule has 1 aliphatic heterocycles. The van der Waals surface area contributed by atoms with Crippen LogP contribution in [-0.4, -0.2) is 81.3 Å². The lowest BCUT2D eigenvalue weighted by atomic mass is 9.68. The smallest absolute Gasteiger partial charge is 0.187 e. The normalized spacial score (nSPS) is 38.1. The molecule has 0 bridgehead atoms. The van der Waals surface area contributed by atoms with Gasteiger partial charge in [-0.25, -0.2) is 0 Å². The molecule has 8 nitrogen and oxygen atoms in total. The van der Waals surface area contributed by atoms with Crippen LogP contribution in [0.15, 0.2) is 23.8 Å². The van der Waals surface area contributed by atoms with Gasteiger partial charge in [0.25, 0.3) is 0 Å². The molecule has 1 heterocycles. The van der Waals surface area contributed by atoms with Crippen LogP contribution < -0.4 is 0 Å². The van der Waals surface area contributed by atoms with E-state index in [1.54, 1.807) is 12.2 Å². The average molecular weight is 386 g/mol. The number of aliphatic hydroxyl groups excluding tert-OH is 5. The van der Waals surface area contributed by atoms with E-state index < -0.39 is 50.0 Å². The third kappa shape index (κ3) is 5.03. The zero-order chi connectivity index (χ0) is 20.4. The van der Waals surface area contributed by atoms with Gasteiger partial charge in [0, 0.05) is 12.3 Å². The van der Waals surface area contributed by atoms with E-state index >= 15 is 0 Å². The minimum atomic E-state index is -1.54. The van der Waals surface area contributed by atoms with Gasteiger partial charge in [0.1, 0.15) is 30.5 Å². The van der Waals surface area contributed by atoms with Crippen LogP contribution in [0.5, 0.6) is 0 Å². The molecule has 0 saturated carbocycles. The van der Waals surface area contributed by atoms with E-state index in [-0.39, 0.29) is 17.1 Å². The first kappa shape index (κ1) is 22.2. The van der Waals surface area contributed by atoms with Crippen LogP contribution in [0.1, 0.15) is 27.2 Å². The summed E-state index contributed by atoms with van der Waals surface area (Å²) < 4.78 is 10.8. The van der Waals surface area contributed by atoms with Gasteiger partial charge in [0.2, 0.25) is 0 Å². The largest absolute Gasteiger partial charge is 0.394 e. The van der Waals surface area contributed by atoms with Crippen molar-refractivity contribution in [3.63, 3.8) is 0 Å². The third-order valence-corrected chi connectivity index (χ3v) is 5.21. The second kappa shape index (κ2) is 8.91. The van der Waals surface area contributed by atoms with Crippen molar-refractivity contribution in [1.29, 1.82) is 0 Å². The van der Waals surface area contributed by atoms with Crippen molar-refractivity contribution in [2.75, 3.05) is 13.2 Å². The van der Waals surface area contributed by atoms with Gasteiger partial charge in [-0.05, 0) is 18.4 Å². The lowest BCUT2D eigenvalue weighted by molar-refractivity contribution is -0.309. The number of hydrogen-bond acceptors (Lipinski definition) is 8. The van der Waals surface area contributed by atoms with Gasteiger partial charge in [-0.1, -0.05) is 31.6 Å². The lowest BCUT2D eigenvalue weighted by Gasteiger charge is -2.40. The topological polar surface area (TPSA) is 137 Å². The summed E-state index contributed by atoms with van der Waals surface area (Å²) in [5.41, 5.74) is 0.632. The Morgan fingerprint density at radius 1 is 1.26 bits per heavy atom. The molecular formula is C19H30O8. The minimum absolute atomic E-state index is 0.0253. The number of carbonyl (C=O) groups excluding carboxylic acids is 1. The van der Waals surface area contributed by atoms with Crippen LogP contribution in [0.4, 0.5) is 0 Å². The van der Waals surface area contributed by atoms with Crippen LogP contribution in [0.2, 0.25) is 0 Å². The number of rotatable bonds is 6. The van der Waals surface area contributed by atoms with Crippen LogP contribution in [0, 0.1) is 11.3 Å². The Morgan fingerprint density at radius 3 is 2.48 bits per heavy atom. The molecule has 0 aromatic rings. The monoisotopic (exact) mass is 386 g/mol. The van der Waals surface area contributed by atoms with Crippen LogP contribution in [0.25, 0.3) is 0 Å². The molecule has 1 aliphatic carbocycles. The predicted octanol–water partition coefficient (Wildman–Crippen LogP) is -0.718. The summed E-state index contributed by atoms with van der Waals surface area (Å²) in [4.78, 5) is 11.8. The fraction of sp³-hybridized carbons (Fsp3) is 0.737. The van der Waals surface area contributed by atoms with Crippen molar-refractivity contribution in [3.8, 4) is 0 Å². The summed E-state index contributed by atoms with van der Waals surface area (Å²) in [7, 11) is 0. The predicted molar refractivity (Wildman–Crippen MR) is 95.5 cm³/mol. The summed E-state index contributed by atoms with van der Waals surface area (Å²) in [6, 6.07) is 0. The number of aliphatic hydroxyl groups is 5. The van der Waals surface area contributed by atoms with Gasteiger partial charge in [-0.3, -0.25) is 4.79 Å². The summed E-state index contributed by atoms with van der Waals surface area (Å²) in [5, 5.41) is 48.5. The Balaban J connectivity index is 2.10. The fourth-order valence-corrected chi connectivity index (χ4v) is 3.72. The molecule has 7 unspecified atom stereocenters. The van der Waals surface area contributed by atoms with Crippen molar-refractivity contribution in [3.05, 3.63) is 23.8 Å². The Hall–Kier alpha value is -1.13. The highest BCUT2D eigenvalue weighted by atomic mass is 16.7. The molecular weight excluding hydrogens is 356 g/mol. The molecule has 0 aromatic carbocycles. The van der Waals surface area contributed by atoms with Crippen molar-refractivity contribution in [2.45, 2.75) is 64.0 Å². The molecule has 7 atom stereocenters. The second-order valence-electron chi connectivity index (χ2n) is 7.94. The highest BCUT2D eigenvalue weighted by Gasteiger charge is 2.44. The van der Waals surface area contributed by atoms with Gasteiger partial charge >= 0.3 is 0 Å². The molecule has 1 saturated heterocycles. The number of hydrogen-bond donors (Lipinski definition) is 5. The van der Waals surface area contributed by atoms with E-state index in [9.17, 15) is 30.3 Å². The summed E-state index contributed by atoms with van der Waals surface area (Å²) in [5.74, 6) is 0.0566. The van der Waals surface area contributed by atoms with Crippen molar-refractivity contribution >= 4 is 5.78 Å². The van der Waals surface area contributed by atoms with E-state index in [0.717, 1.165) is 5.57 Å². The van der Waals surface area contributed by atoms with Gasteiger partial charge < -0.3 is 35.0 Å². The molecule has 1 fully saturated rings. The molecule has 2 aliphatic rings. The van der Waals surface area contributed by atoms with Gasteiger partial charge in [-0.2, -0.15) is 0 Å². The summed E-state index contributed by atoms with van der Waals surface area (Å²) in [6.45, 7) is 4.89. The quantitative estimate of drug-likeness (QED) is 0.377. The Kier molecular flexibility index (Phi) is 7.32. The van der Waals surface area contributed by atoms with E-state index in [4.69, 9.17) is 9.47 Å². The second-order valence-corrected chi connectivity index (χ2v) is 7.94. The van der Waals surface area contributed by atoms with Gasteiger partial charge in [-0.15, -0.1) is 0 Å². The first-order chi connectivity index (χ1) is 12.6. The summed E-state index contributed by atoms with van der Waals surface area (Å²) in [6.07, 6.45) is -2.28. The van der Waals surface area contributed by atoms with E-state index in [1.807, 2.05) is 26.8 Å². The zero-order valence-corrected chi connectivity index (χ0v) is 15.9. The molecule has 27 heavy (non-hydrogen) atoms. The first-order valence-electron chi connectivity index (χ1n) is 9.07. The molecule has 0 amide bonds. The van der Waals surface area contributed by atoms with E-state index in [2.05, 4.69) is 0 Å². The lowest BCUT2D eigenvalue weighted by Crippen LogP contribution is -2.59. The molecule has 154 valence electrons. The fourth-order valence-electron chi connectivity index (χ4n) is 3.72. The van der Waals surface area contributed by atoms with Crippen LogP contribution in [-0.2, 0) is 14.3 Å². The Labute approximate surface area is 158 Å². The third-order valence-electron chi connectivity index (χ3n) is 5.21. The van der Waals surface area contributed by atoms with Gasteiger partial charge in [0.15, 0.2) is 12.1 Å². The SMILES string of the molecule is CC1=CC(=O)CC(C)(C)C1C=CC(CO)OC1OC(CO)C(O)C(O)C1O. The number of ether oxygens (including phenoxy) is 2. The number of carbonyl (C=O) groups is 1. The maximum Gasteiger partial charge on any atom is 0.187 e. The van der Waals surface area contributed by atoms with Crippen molar-refractivity contribution < 1.29 is 39.8 Å². The molecule has 0 spiro atoms. The molecule has 0 radical (unpaired) electrons. The van der Waals surface area contributed by atoms with E-state index in [1.165, 1.54) is 0 Å². The maximum absolute atomic E-state index is 11.8. The Morgan fingerprint density at radius 2 is 1.93 bits per heavy atom. The van der Waals surface area contributed by atoms with Crippen LogP contribution >= 0.6 is 0 Å². The van der Waals surface area contributed by atoms with Crippen molar-refractivity contribution in [1.82, 2.24) is 0 Å². The molecule has 5 N–H and O–H groups in total. The van der Waals surface area contributed by atoms with Gasteiger partial charge in [0.05, 0.1) is 13.2 Å². The first-order valence-corrected chi connectivity index (χ1v) is 9.07. The zero-order valence-electron chi connectivity index (χ0n) is 15.9. The molecule has 8 heteroatoms.